The van der Waals surface area contributed by atoms with Gasteiger partial charge in [-0.2, -0.15) is 0 Å². The van der Waals surface area contributed by atoms with Crippen LogP contribution in [0.25, 0.3) is 0 Å². The largest absolute Gasteiger partial charge is 0.444 e. The number of ether oxygens (including phenoxy) is 1. The molecule has 1 amide bonds. The van der Waals surface area contributed by atoms with Crippen LogP contribution >= 0.6 is 0 Å². The Bertz CT molecular complexity index is 731. The van der Waals surface area contributed by atoms with E-state index < -0.39 is 5.60 Å². The Balaban J connectivity index is 1.80. The molecular formula is C22H26N2O2. The molecular weight excluding hydrogens is 324 g/mol. The molecule has 1 N–H and O–H groups in total. The maximum Gasteiger partial charge on any atom is 0.407 e. The van der Waals surface area contributed by atoms with Gasteiger partial charge in [-0.05, 0) is 33.6 Å². The SMILES string of the molecule is CC(C)(C)OC(=O)NCC1(N=C(c2ccccc2)c2ccccc2)CC1. The van der Waals surface area contributed by atoms with Crippen LogP contribution in [-0.2, 0) is 4.74 Å². The number of benzene rings is 2. The zero-order chi connectivity index (χ0) is 18.6. The van der Waals surface area contributed by atoms with Crippen molar-refractivity contribution in [2.24, 2.45) is 4.99 Å². The third-order valence-electron chi connectivity index (χ3n) is 4.23. The first-order valence-electron chi connectivity index (χ1n) is 9.05. The minimum atomic E-state index is -0.497. The second kappa shape index (κ2) is 7.32. The van der Waals surface area contributed by atoms with Crippen LogP contribution in [0.4, 0.5) is 4.79 Å². The summed E-state index contributed by atoms with van der Waals surface area (Å²) in [7, 11) is 0. The van der Waals surface area contributed by atoms with Crippen LogP contribution in [0.15, 0.2) is 65.7 Å². The molecule has 0 radical (unpaired) electrons. The summed E-state index contributed by atoms with van der Waals surface area (Å²) in [4.78, 5) is 17.1. The van der Waals surface area contributed by atoms with E-state index in [4.69, 9.17) is 9.73 Å². The van der Waals surface area contributed by atoms with Crippen LogP contribution in [0, 0.1) is 0 Å². The molecule has 136 valence electrons. The van der Waals surface area contributed by atoms with Gasteiger partial charge in [0.25, 0.3) is 0 Å². The number of hydrogen-bond donors (Lipinski definition) is 1. The number of carbonyl (C=O) groups excluding carboxylic acids is 1. The maximum absolute atomic E-state index is 12.0. The summed E-state index contributed by atoms with van der Waals surface area (Å²) in [5.41, 5.74) is 2.40. The zero-order valence-electron chi connectivity index (χ0n) is 15.7. The molecule has 0 aromatic heterocycles. The van der Waals surface area contributed by atoms with Crippen LogP contribution in [-0.4, -0.2) is 29.5 Å². The van der Waals surface area contributed by atoms with E-state index in [1.165, 1.54) is 0 Å². The smallest absolute Gasteiger partial charge is 0.407 e. The molecule has 1 aliphatic rings. The summed E-state index contributed by atoms with van der Waals surface area (Å²) in [5, 5.41) is 2.88. The number of amides is 1. The normalized spacial score (nSPS) is 15.0. The van der Waals surface area contributed by atoms with Crippen molar-refractivity contribution in [1.82, 2.24) is 5.32 Å². The third kappa shape index (κ3) is 4.94. The standard InChI is InChI=1S/C22H26N2O2/c1-21(2,3)26-20(25)23-16-22(14-15-22)24-19(17-10-6-4-7-11-17)18-12-8-5-9-13-18/h4-13H,14-16H2,1-3H3,(H,23,25). The minimum Gasteiger partial charge on any atom is -0.444 e. The number of nitrogens with one attached hydrogen (secondary N) is 1. The zero-order valence-corrected chi connectivity index (χ0v) is 15.7. The second-order valence-corrected chi connectivity index (χ2v) is 7.77. The van der Waals surface area contributed by atoms with Crippen molar-refractivity contribution in [2.75, 3.05) is 6.54 Å². The summed E-state index contributed by atoms with van der Waals surface area (Å²) in [6, 6.07) is 20.4. The predicted molar refractivity (Wildman–Crippen MR) is 105 cm³/mol. The van der Waals surface area contributed by atoms with Crippen molar-refractivity contribution in [2.45, 2.75) is 44.8 Å². The molecule has 4 nitrogen and oxygen atoms in total. The topological polar surface area (TPSA) is 50.7 Å². The van der Waals surface area contributed by atoms with E-state index in [0.29, 0.717) is 6.54 Å². The van der Waals surface area contributed by atoms with E-state index in [0.717, 1.165) is 29.7 Å². The van der Waals surface area contributed by atoms with Crippen LogP contribution in [0.5, 0.6) is 0 Å². The highest BCUT2D eigenvalue weighted by atomic mass is 16.6. The first-order chi connectivity index (χ1) is 12.4. The van der Waals surface area contributed by atoms with Crippen molar-refractivity contribution in [1.29, 1.82) is 0 Å². The monoisotopic (exact) mass is 350 g/mol. The van der Waals surface area contributed by atoms with Crippen molar-refractivity contribution in [3.8, 4) is 0 Å². The minimum absolute atomic E-state index is 0.238. The van der Waals surface area contributed by atoms with Gasteiger partial charge in [0.1, 0.15) is 5.60 Å². The fourth-order valence-electron chi connectivity index (χ4n) is 2.75. The predicted octanol–water partition coefficient (Wildman–Crippen LogP) is 4.58. The lowest BCUT2D eigenvalue weighted by Gasteiger charge is -2.21. The van der Waals surface area contributed by atoms with Gasteiger partial charge in [0.2, 0.25) is 0 Å². The summed E-state index contributed by atoms with van der Waals surface area (Å²) >= 11 is 0. The molecule has 2 aromatic carbocycles. The van der Waals surface area contributed by atoms with E-state index in [9.17, 15) is 4.79 Å². The molecule has 4 heteroatoms. The van der Waals surface area contributed by atoms with Gasteiger partial charge >= 0.3 is 6.09 Å². The molecule has 0 atom stereocenters. The van der Waals surface area contributed by atoms with Gasteiger partial charge in [0.05, 0.1) is 11.3 Å². The molecule has 3 rings (SSSR count). The molecule has 1 fully saturated rings. The van der Waals surface area contributed by atoms with Crippen molar-refractivity contribution < 1.29 is 9.53 Å². The number of aliphatic imine (C=N–C) groups is 1. The molecule has 0 aliphatic heterocycles. The number of nitrogens with zero attached hydrogens (tertiary/aromatic N) is 1. The van der Waals surface area contributed by atoms with Crippen LogP contribution in [0.3, 0.4) is 0 Å². The van der Waals surface area contributed by atoms with Crippen molar-refractivity contribution >= 4 is 11.8 Å². The molecule has 0 heterocycles. The average Bonchev–Trinajstić information content (AvgIpc) is 3.38. The van der Waals surface area contributed by atoms with Gasteiger partial charge in [-0.15, -0.1) is 0 Å². The highest BCUT2D eigenvalue weighted by Gasteiger charge is 2.43. The van der Waals surface area contributed by atoms with Gasteiger partial charge in [-0.3, -0.25) is 4.99 Å². The first kappa shape index (κ1) is 18.2. The molecule has 0 spiro atoms. The molecule has 1 saturated carbocycles. The summed E-state index contributed by atoms with van der Waals surface area (Å²) in [6.07, 6.45) is 1.54. The fraction of sp³-hybridized carbons (Fsp3) is 0.364. The van der Waals surface area contributed by atoms with Gasteiger partial charge in [0, 0.05) is 17.7 Å². The highest BCUT2D eigenvalue weighted by molar-refractivity contribution is 6.13. The number of carbonyl (C=O) groups is 1. The average molecular weight is 350 g/mol. The lowest BCUT2D eigenvalue weighted by molar-refractivity contribution is 0.0523. The van der Waals surface area contributed by atoms with Gasteiger partial charge in [-0.25, -0.2) is 4.79 Å². The van der Waals surface area contributed by atoms with Gasteiger partial charge in [-0.1, -0.05) is 60.7 Å². The Labute approximate surface area is 155 Å². The van der Waals surface area contributed by atoms with Crippen LogP contribution in [0.1, 0.15) is 44.7 Å². The fourth-order valence-corrected chi connectivity index (χ4v) is 2.75. The van der Waals surface area contributed by atoms with E-state index in [2.05, 4.69) is 29.6 Å². The first-order valence-corrected chi connectivity index (χ1v) is 9.05. The highest BCUT2D eigenvalue weighted by Crippen LogP contribution is 2.40. The Kier molecular flexibility index (Phi) is 5.12. The molecule has 26 heavy (non-hydrogen) atoms. The molecule has 0 bridgehead atoms. The number of rotatable bonds is 5. The van der Waals surface area contributed by atoms with Crippen molar-refractivity contribution in [3.63, 3.8) is 0 Å². The molecule has 1 aliphatic carbocycles. The number of alkyl carbamates (subject to hydrolysis) is 1. The van der Waals surface area contributed by atoms with Crippen molar-refractivity contribution in [3.05, 3.63) is 71.8 Å². The van der Waals surface area contributed by atoms with Gasteiger partial charge < -0.3 is 10.1 Å². The Morgan fingerprint density at radius 2 is 1.50 bits per heavy atom. The lowest BCUT2D eigenvalue weighted by Crippen LogP contribution is -2.37. The second-order valence-electron chi connectivity index (χ2n) is 7.77. The maximum atomic E-state index is 12.0. The Hall–Kier alpha value is -2.62. The Morgan fingerprint density at radius 1 is 1.00 bits per heavy atom. The third-order valence-corrected chi connectivity index (χ3v) is 4.23. The van der Waals surface area contributed by atoms with Gasteiger partial charge in [0.15, 0.2) is 0 Å². The van der Waals surface area contributed by atoms with E-state index in [1.807, 2.05) is 57.2 Å². The summed E-state index contributed by atoms with van der Waals surface area (Å²) in [5.74, 6) is 0. The quantitative estimate of drug-likeness (QED) is 0.802. The van der Waals surface area contributed by atoms with Crippen LogP contribution in [0.2, 0.25) is 0 Å². The van der Waals surface area contributed by atoms with E-state index >= 15 is 0 Å². The number of hydrogen-bond acceptors (Lipinski definition) is 3. The lowest BCUT2D eigenvalue weighted by atomic mass is 10.0. The molecule has 2 aromatic rings. The molecule has 0 unspecified atom stereocenters. The van der Waals surface area contributed by atoms with E-state index in [-0.39, 0.29) is 11.6 Å². The Morgan fingerprint density at radius 3 is 1.92 bits per heavy atom. The summed E-state index contributed by atoms with van der Waals surface area (Å²) in [6.45, 7) is 6.08. The molecule has 0 saturated heterocycles. The summed E-state index contributed by atoms with van der Waals surface area (Å²) < 4.78 is 5.34. The van der Waals surface area contributed by atoms with Crippen LogP contribution < -0.4 is 5.32 Å². The van der Waals surface area contributed by atoms with E-state index in [1.54, 1.807) is 0 Å².